The predicted octanol–water partition coefficient (Wildman–Crippen LogP) is 3.12. The highest BCUT2D eigenvalue weighted by molar-refractivity contribution is 7.71. The van der Waals surface area contributed by atoms with Gasteiger partial charge in [0.25, 0.3) is 0 Å². The third-order valence-electron chi connectivity index (χ3n) is 3.38. The molecule has 0 atom stereocenters. The van der Waals surface area contributed by atoms with E-state index in [1.165, 1.54) is 10.9 Å². The maximum absolute atomic E-state index is 9.79. The van der Waals surface area contributed by atoms with Gasteiger partial charge in [-0.3, -0.25) is 0 Å². The van der Waals surface area contributed by atoms with Crippen LogP contribution < -0.4 is 9.47 Å². The first-order valence-electron chi connectivity index (χ1n) is 7.43. The molecular weight excluding hydrogens is 340 g/mol. The minimum Gasteiger partial charge on any atom is -0.507 e. The van der Waals surface area contributed by atoms with Crippen LogP contribution in [0.25, 0.3) is 0 Å². The van der Waals surface area contributed by atoms with E-state index in [2.05, 4.69) is 15.3 Å². The van der Waals surface area contributed by atoms with E-state index in [-0.39, 0.29) is 12.4 Å². The predicted molar refractivity (Wildman–Crippen MR) is 95.8 cm³/mol. The Kier molecular flexibility index (Phi) is 5.10. The molecule has 0 spiro atoms. The summed E-state index contributed by atoms with van der Waals surface area (Å²) >= 11 is 5.18. The van der Waals surface area contributed by atoms with Gasteiger partial charge >= 0.3 is 0 Å². The number of aromatic amines is 1. The highest BCUT2D eigenvalue weighted by Gasteiger charge is 2.07. The lowest BCUT2D eigenvalue weighted by molar-refractivity contribution is 0.288. The highest BCUT2D eigenvalue weighted by atomic mass is 32.1. The summed E-state index contributed by atoms with van der Waals surface area (Å²) in [7, 11) is 1.60. The van der Waals surface area contributed by atoms with Crippen LogP contribution in [0.5, 0.6) is 17.2 Å². The summed E-state index contributed by atoms with van der Waals surface area (Å²) in [5.74, 6) is 1.98. The number of benzene rings is 2. The van der Waals surface area contributed by atoms with Gasteiger partial charge in [0.2, 0.25) is 4.77 Å². The number of hydrogen-bond acceptors (Lipinski definition) is 6. The van der Waals surface area contributed by atoms with Crippen LogP contribution in [0.4, 0.5) is 0 Å². The molecule has 0 saturated carbocycles. The molecule has 2 N–H and O–H groups in total. The van der Waals surface area contributed by atoms with Crippen molar-refractivity contribution in [1.29, 1.82) is 0 Å². The maximum atomic E-state index is 9.79. The van der Waals surface area contributed by atoms with Gasteiger partial charge in [0, 0.05) is 11.6 Å². The summed E-state index contributed by atoms with van der Waals surface area (Å²) in [6.45, 7) is 0.165. The number of nitrogens with zero attached hydrogens (tertiary/aromatic N) is 3. The van der Waals surface area contributed by atoms with E-state index in [0.717, 1.165) is 0 Å². The van der Waals surface area contributed by atoms with Gasteiger partial charge in [0.1, 0.15) is 23.9 Å². The molecule has 0 aliphatic carbocycles. The second-order valence-corrected chi connectivity index (χ2v) is 5.41. The molecule has 0 amide bonds. The molecule has 0 radical (unpaired) electrons. The molecule has 3 rings (SSSR count). The van der Waals surface area contributed by atoms with Crippen molar-refractivity contribution in [3.05, 3.63) is 64.7 Å². The molecular formula is C17H16N4O3S. The monoisotopic (exact) mass is 356 g/mol. The molecule has 128 valence electrons. The van der Waals surface area contributed by atoms with Crippen molar-refractivity contribution in [2.24, 2.45) is 5.10 Å². The molecule has 0 fully saturated rings. The van der Waals surface area contributed by atoms with Crippen LogP contribution in [0.1, 0.15) is 11.4 Å². The van der Waals surface area contributed by atoms with E-state index >= 15 is 0 Å². The number of aromatic hydroxyl groups is 1. The van der Waals surface area contributed by atoms with Crippen LogP contribution in [0.15, 0.2) is 53.6 Å². The molecule has 2 aromatic carbocycles. The minimum atomic E-state index is 0.135. The van der Waals surface area contributed by atoms with Crippen LogP contribution in [0.2, 0.25) is 0 Å². The molecule has 7 nitrogen and oxygen atoms in total. The van der Waals surface area contributed by atoms with Crippen LogP contribution in [0, 0.1) is 4.77 Å². The number of methoxy groups -OCH3 is 1. The molecule has 0 bridgehead atoms. The Morgan fingerprint density at radius 1 is 1.24 bits per heavy atom. The zero-order chi connectivity index (χ0) is 17.6. The van der Waals surface area contributed by atoms with Crippen molar-refractivity contribution in [1.82, 2.24) is 14.9 Å². The van der Waals surface area contributed by atoms with Gasteiger partial charge in [-0.2, -0.15) is 14.9 Å². The van der Waals surface area contributed by atoms with Gasteiger partial charge < -0.3 is 14.6 Å². The number of ether oxygens (including phenoxy) is 2. The number of hydrogen-bond donors (Lipinski definition) is 2. The highest BCUT2D eigenvalue weighted by Crippen LogP contribution is 2.19. The first-order valence-corrected chi connectivity index (χ1v) is 7.83. The lowest BCUT2D eigenvalue weighted by Gasteiger charge is -2.07. The molecule has 0 aliphatic heterocycles. The van der Waals surface area contributed by atoms with Crippen molar-refractivity contribution >= 4 is 18.4 Å². The fourth-order valence-electron chi connectivity index (χ4n) is 2.09. The fourth-order valence-corrected chi connectivity index (χ4v) is 2.29. The summed E-state index contributed by atoms with van der Waals surface area (Å²) in [6, 6.07) is 14.1. The van der Waals surface area contributed by atoms with E-state index in [1.807, 2.05) is 24.3 Å². The SMILES string of the molecule is COc1cccc(OCc2n[nH]c(=S)n2/N=C/c2ccccc2O)c1. The lowest BCUT2D eigenvalue weighted by atomic mass is 10.2. The zero-order valence-electron chi connectivity index (χ0n) is 13.4. The van der Waals surface area contributed by atoms with Crippen molar-refractivity contribution in [3.8, 4) is 17.2 Å². The average Bonchev–Trinajstić information content (AvgIpc) is 2.99. The maximum Gasteiger partial charge on any atom is 0.216 e. The molecule has 3 aromatic rings. The Morgan fingerprint density at radius 2 is 2.04 bits per heavy atom. The summed E-state index contributed by atoms with van der Waals surface area (Å²) in [4.78, 5) is 0. The quantitative estimate of drug-likeness (QED) is 0.524. The van der Waals surface area contributed by atoms with Crippen LogP contribution >= 0.6 is 12.2 Å². The van der Waals surface area contributed by atoms with E-state index in [9.17, 15) is 5.11 Å². The molecule has 25 heavy (non-hydrogen) atoms. The van der Waals surface area contributed by atoms with Gasteiger partial charge in [-0.05, 0) is 36.5 Å². The topological polar surface area (TPSA) is 84.7 Å². The van der Waals surface area contributed by atoms with Gasteiger partial charge in [0.15, 0.2) is 5.82 Å². The lowest BCUT2D eigenvalue weighted by Crippen LogP contribution is -2.04. The average molecular weight is 356 g/mol. The van der Waals surface area contributed by atoms with Crippen LogP contribution in [-0.4, -0.2) is 33.3 Å². The number of nitrogens with one attached hydrogen (secondary N) is 1. The number of rotatable bonds is 6. The summed E-state index contributed by atoms with van der Waals surface area (Å²) in [5.41, 5.74) is 0.574. The fraction of sp³-hybridized carbons (Fsp3) is 0.118. The van der Waals surface area contributed by atoms with Crippen molar-refractivity contribution in [2.45, 2.75) is 6.61 Å². The Balaban J connectivity index is 1.77. The Hall–Kier alpha value is -3.13. The largest absolute Gasteiger partial charge is 0.507 e. The van der Waals surface area contributed by atoms with Gasteiger partial charge in [-0.1, -0.05) is 18.2 Å². The number of para-hydroxylation sites is 1. The Bertz CT molecular complexity index is 949. The van der Waals surface area contributed by atoms with Gasteiger partial charge in [-0.15, -0.1) is 0 Å². The van der Waals surface area contributed by atoms with Crippen molar-refractivity contribution in [2.75, 3.05) is 7.11 Å². The number of phenolic OH excluding ortho intramolecular Hbond substituents is 1. The summed E-state index contributed by atoms with van der Waals surface area (Å²) < 4.78 is 12.6. The second-order valence-electron chi connectivity index (χ2n) is 5.03. The first kappa shape index (κ1) is 16.7. The molecule has 8 heteroatoms. The third kappa shape index (κ3) is 4.04. The van der Waals surface area contributed by atoms with Gasteiger partial charge in [-0.25, -0.2) is 5.10 Å². The van der Waals surface area contributed by atoms with E-state index in [4.69, 9.17) is 21.7 Å². The molecule has 0 saturated heterocycles. The third-order valence-corrected chi connectivity index (χ3v) is 3.64. The normalized spacial score (nSPS) is 10.9. The summed E-state index contributed by atoms with van der Waals surface area (Å²) in [6.07, 6.45) is 1.51. The summed E-state index contributed by atoms with van der Waals surface area (Å²) in [5, 5.41) is 20.9. The number of phenols is 1. The van der Waals surface area contributed by atoms with Crippen molar-refractivity contribution in [3.63, 3.8) is 0 Å². The smallest absolute Gasteiger partial charge is 0.216 e. The zero-order valence-corrected chi connectivity index (χ0v) is 14.2. The van der Waals surface area contributed by atoms with E-state index in [1.54, 1.807) is 31.4 Å². The standard InChI is InChI=1S/C17H16N4O3S/c1-23-13-6-4-7-14(9-13)24-11-16-19-20-17(25)21(16)18-10-12-5-2-3-8-15(12)22/h2-10,22H,11H2,1H3,(H,20,25)/b18-10+. The Labute approximate surface area is 149 Å². The Morgan fingerprint density at radius 3 is 2.84 bits per heavy atom. The minimum absolute atomic E-state index is 0.135. The van der Waals surface area contributed by atoms with Gasteiger partial charge in [0.05, 0.1) is 13.3 Å². The second kappa shape index (κ2) is 7.63. The van der Waals surface area contributed by atoms with E-state index < -0.39 is 0 Å². The van der Waals surface area contributed by atoms with Crippen LogP contribution in [0.3, 0.4) is 0 Å². The van der Waals surface area contributed by atoms with Crippen LogP contribution in [-0.2, 0) is 6.61 Å². The number of H-pyrrole nitrogens is 1. The molecule has 1 aromatic heterocycles. The molecule has 0 aliphatic rings. The van der Waals surface area contributed by atoms with E-state index in [0.29, 0.717) is 27.7 Å². The first-order chi connectivity index (χ1) is 12.2. The molecule has 0 unspecified atom stereocenters. The number of aromatic nitrogens is 3. The molecule has 1 heterocycles. The van der Waals surface area contributed by atoms with Crippen molar-refractivity contribution < 1.29 is 14.6 Å².